The summed E-state index contributed by atoms with van der Waals surface area (Å²) >= 11 is 0. The lowest BCUT2D eigenvalue weighted by molar-refractivity contribution is 0.263. The molecule has 0 saturated carbocycles. The van der Waals surface area contributed by atoms with Crippen LogP contribution in [0.3, 0.4) is 0 Å². The molecule has 0 amide bonds. The van der Waals surface area contributed by atoms with Crippen molar-refractivity contribution in [3.05, 3.63) is 0 Å². The molecule has 110 valence electrons. The van der Waals surface area contributed by atoms with Crippen molar-refractivity contribution in [2.75, 3.05) is 0 Å². The van der Waals surface area contributed by atoms with Crippen LogP contribution in [0.15, 0.2) is 0 Å². The molecular formula is C18H38. The van der Waals surface area contributed by atoms with Gasteiger partial charge in [0.1, 0.15) is 0 Å². The summed E-state index contributed by atoms with van der Waals surface area (Å²) in [4.78, 5) is 0. The molecule has 0 fully saturated rings. The highest BCUT2D eigenvalue weighted by molar-refractivity contribution is 4.68. The van der Waals surface area contributed by atoms with Crippen LogP contribution in [0.5, 0.6) is 0 Å². The van der Waals surface area contributed by atoms with Gasteiger partial charge in [0.15, 0.2) is 0 Å². The van der Waals surface area contributed by atoms with Crippen molar-refractivity contribution in [2.24, 2.45) is 23.7 Å². The Balaban J connectivity index is 3.98. The summed E-state index contributed by atoms with van der Waals surface area (Å²) in [5, 5.41) is 0. The van der Waals surface area contributed by atoms with Crippen molar-refractivity contribution in [2.45, 2.75) is 92.9 Å². The van der Waals surface area contributed by atoms with Crippen LogP contribution in [0.2, 0.25) is 0 Å². The summed E-state index contributed by atoms with van der Waals surface area (Å²) in [7, 11) is 0. The van der Waals surface area contributed by atoms with E-state index >= 15 is 0 Å². The van der Waals surface area contributed by atoms with Gasteiger partial charge in [0, 0.05) is 0 Å². The molecule has 0 aromatic rings. The maximum atomic E-state index is 2.49. The van der Waals surface area contributed by atoms with Gasteiger partial charge in [-0.2, -0.15) is 0 Å². The predicted octanol–water partition coefficient (Wildman–Crippen LogP) is 6.69. The SMILES string of the molecule is CCC(C)CCC(CC)C(C)CCC(CC)CC. The predicted molar refractivity (Wildman–Crippen MR) is 84.9 cm³/mol. The first-order chi connectivity index (χ1) is 8.58. The minimum Gasteiger partial charge on any atom is -0.0651 e. The van der Waals surface area contributed by atoms with Crippen molar-refractivity contribution >= 4 is 0 Å². The Labute approximate surface area is 117 Å². The van der Waals surface area contributed by atoms with Crippen molar-refractivity contribution < 1.29 is 0 Å². The van der Waals surface area contributed by atoms with E-state index < -0.39 is 0 Å². The minimum atomic E-state index is 0.922. The minimum absolute atomic E-state index is 0.922. The molecule has 0 bridgehead atoms. The zero-order chi connectivity index (χ0) is 14.0. The first-order valence-electron chi connectivity index (χ1n) is 8.58. The van der Waals surface area contributed by atoms with Crippen LogP contribution < -0.4 is 0 Å². The van der Waals surface area contributed by atoms with Gasteiger partial charge < -0.3 is 0 Å². The molecule has 0 aliphatic rings. The summed E-state index contributed by atoms with van der Waals surface area (Å²) in [5.74, 6) is 3.79. The molecule has 0 saturated heterocycles. The monoisotopic (exact) mass is 254 g/mol. The highest BCUT2D eigenvalue weighted by Gasteiger charge is 2.17. The Hall–Kier alpha value is 0. The van der Waals surface area contributed by atoms with E-state index in [4.69, 9.17) is 0 Å². The fourth-order valence-electron chi connectivity index (χ4n) is 3.02. The van der Waals surface area contributed by atoms with Gasteiger partial charge in [-0.05, 0) is 30.1 Å². The fourth-order valence-corrected chi connectivity index (χ4v) is 3.02. The van der Waals surface area contributed by atoms with Gasteiger partial charge in [0.2, 0.25) is 0 Å². The number of rotatable bonds is 11. The van der Waals surface area contributed by atoms with Gasteiger partial charge in [0.05, 0.1) is 0 Å². The average Bonchev–Trinajstić information content (AvgIpc) is 2.40. The van der Waals surface area contributed by atoms with E-state index in [1.165, 1.54) is 51.4 Å². The van der Waals surface area contributed by atoms with Crippen LogP contribution >= 0.6 is 0 Å². The second-order valence-electron chi connectivity index (χ2n) is 6.50. The molecule has 0 aromatic carbocycles. The third kappa shape index (κ3) is 7.44. The molecule has 0 heteroatoms. The fraction of sp³-hybridized carbons (Fsp3) is 1.00. The third-order valence-corrected chi connectivity index (χ3v) is 5.24. The molecular weight excluding hydrogens is 216 g/mol. The van der Waals surface area contributed by atoms with Gasteiger partial charge in [-0.25, -0.2) is 0 Å². The highest BCUT2D eigenvalue weighted by atomic mass is 14.2. The van der Waals surface area contributed by atoms with Gasteiger partial charge in [-0.3, -0.25) is 0 Å². The quantitative estimate of drug-likeness (QED) is 0.385. The summed E-state index contributed by atoms with van der Waals surface area (Å²) in [5.41, 5.74) is 0. The average molecular weight is 255 g/mol. The first-order valence-corrected chi connectivity index (χ1v) is 8.58. The largest absolute Gasteiger partial charge is 0.0651 e. The third-order valence-electron chi connectivity index (χ3n) is 5.24. The lowest BCUT2D eigenvalue weighted by Crippen LogP contribution is -2.14. The second kappa shape index (κ2) is 10.9. The molecule has 0 aromatic heterocycles. The van der Waals surface area contributed by atoms with Crippen LogP contribution in [-0.4, -0.2) is 0 Å². The first kappa shape index (κ1) is 18.0. The maximum Gasteiger partial charge on any atom is -0.0391 e. The van der Waals surface area contributed by atoms with Gasteiger partial charge in [-0.1, -0.05) is 86.5 Å². The molecule has 0 aliphatic carbocycles. The highest BCUT2D eigenvalue weighted by Crippen LogP contribution is 2.29. The molecule has 0 spiro atoms. The number of hydrogen-bond acceptors (Lipinski definition) is 0. The lowest BCUT2D eigenvalue weighted by Gasteiger charge is -2.25. The Morgan fingerprint density at radius 1 is 0.611 bits per heavy atom. The second-order valence-corrected chi connectivity index (χ2v) is 6.50. The van der Waals surface area contributed by atoms with Gasteiger partial charge in [0.25, 0.3) is 0 Å². The van der Waals surface area contributed by atoms with E-state index in [1.807, 2.05) is 0 Å². The van der Waals surface area contributed by atoms with Crippen LogP contribution in [0.25, 0.3) is 0 Å². The summed E-state index contributed by atoms with van der Waals surface area (Å²) in [6.07, 6.45) is 11.2. The van der Waals surface area contributed by atoms with E-state index in [2.05, 4.69) is 41.5 Å². The lowest BCUT2D eigenvalue weighted by atomic mass is 9.81. The van der Waals surface area contributed by atoms with Gasteiger partial charge >= 0.3 is 0 Å². The van der Waals surface area contributed by atoms with Gasteiger partial charge in [-0.15, -0.1) is 0 Å². The zero-order valence-electron chi connectivity index (χ0n) is 14.0. The molecule has 0 radical (unpaired) electrons. The maximum absolute atomic E-state index is 2.49. The van der Waals surface area contributed by atoms with E-state index in [9.17, 15) is 0 Å². The molecule has 0 rings (SSSR count). The summed E-state index contributed by atoms with van der Waals surface area (Å²) in [6.45, 7) is 14.3. The normalized spacial score (nSPS) is 16.8. The van der Waals surface area contributed by atoms with Crippen LogP contribution in [0.4, 0.5) is 0 Å². The molecule has 0 aliphatic heterocycles. The molecule has 3 unspecified atom stereocenters. The molecule has 3 atom stereocenters. The molecule has 18 heavy (non-hydrogen) atoms. The topological polar surface area (TPSA) is 0 Å². The summed E-state index contributed by atoms with van der Waals surface area (Å²) < 4.78 is 0. The molecule has 0 N–H and O–H groups in total. The van der Waals surface area contributed by atoms with E-state index in [1.54, 1.807) is 0 Å². The van der Waals surface area contributed by atoms with Crippen molar-refractivity contribution in [3.63, 3.8) is 0 Å². The van der Waals surface area contributed by atoms with Crippen LogP contribution in [0.1, 0.15) is 92.9 Å². The van der Waals surface area contributed by atoms with E-state index in [0.29, 0.717) is 0 Å². The Bertz CT molecular complexity index is 169. The summed E-state index contributed by atoms with van der Waals surface area (Å²) in [6, 6.07) is 0. The van der Waals surface area contributed by atoms with Crippen LogP contribution in [-0.2, 0) is 0 Å². The van der Waals surface area contributed by atoms with Crippen LogP contribution in [0, 0.1) is 23.7 Å². The smallest absolute Gasteiger partial charge is 0.0391 e. The van der Waals surface area contributed by atoms with Crippen molar-refractivity contribution in [3.8, 4) is 0 Å². The molecule has 0 nitrogen and oxygen atoms in total. The number of hydrogen-bond donors (Lipinski definition) is 0. The Kier molecular flexibility index (Phi) is 10.9. The van der Waals surface area contributed by atoms with E-state index in [-0.39, 0.29) is 0 Å². The molecule has 0 heterocycles. The van der Waals surface area contributed by atoms with E-state index in [0.717, 1.165) is 23.7 Å². The van der Waals surface area contributed by atoms with Crippen molar-refractivity contribution in [1.82, 2.24) is 0 Å². The standard InChI is InChI=1S/C18H38/c1-7-15(5)11-14-18(10-4)16(6)12-13-17(8-2)9-3/h15-18H,7-14H2,1-6H3. The zero-order valence-corrected chi connectivity index (χ0v) is 14.0. The van der Waals surface area contributed by atoms with Crippen molar-refractivity contribution in [1.29, 1.82) is 0 Å². The Morgan fingerprint density at radius 3 is 1.67 bits per heavy atom. The Morgan fingerprint density at radius 2 is 1.22 bits per heavy atom.